The first kappa shape index (κ1) is 26.5. The number of carbonyl (C=O) groups is 3. The second-order valence-corrected chi connectivity index (χ2v) is 11.4. The molecule has 8 heteroatoms. The highest BCUT2D eigenvalue weighted by atomic mass is 32.1. The third-order valence-electron chi connectivity index (χ3n) is 6.73. The largest absolute Gasteiger partial charge is 0.449 e. The molecule has 3 aromatic rings. The van der Waals surface area contributed by atoms with Crippen LogP contribution in [0.3, 0.4) is 0 Å². The maximum atomic E-state index is 13.7. The number of nitrogens with zero attached hydrogens (tertiary/aromatic N) is 1. The number of para-hydroxylation sites is 1. The number of nitrogens with one attached hydrogen (secondary N) is 2. The molecule has 1 aromatic carbocycles. The molecule has 0 bridgehead atoms. The Balaban J connectivity index is 1.80. The van der Waals surface area contributed by atoms with Gasteiger partial charge in [0.25, 0.3) is 5.91 Å². The molecule has 2 heterocycles. The highest BCUT2D eigenvalue weighted by Gasteiger charge is 2.36. The Morgan fingerprint density at radius 2 is 1.92 bits per heavy atom. The Hall–Kier alpha value is -3.52. The van der Waals surface area contributed by atoms with E-state index in [1.54, 1.807) is 18.3 Å². The molecule has 0 radical (unpaired) electrons. The summed E-state index contributed by atoms with van der Waals surface area (Å²) in [5.41, 5.74) is 3.86. The number of ether oxygens (including phenoxy) is 1. The quantitative estimate of drug-likeness (QED) is 0.413. The minimum Gasteiger partial charge on any atom is -0.449 e. The Morgan fingerprint density at radius 1 is 1.16 bits per heavy atom. The highest BCUT2D eigenvalue weighted by Crippen LogP contribution is 2.45. The third-order valence-corrected chi connectivity index (χ3v) is 7.55. The van der Waals surface area contributed by atoms with Crippen LogP contribution in [-0.2, 0) is 16.0 Å². The number of allylic oxidation sites excluding steroid dienone is 1. The monoisotopic (exact) mass is 519 g/mol. The number of amides is 3. The van der Waals surface area contributed by atoms with E-state index in [9.17, 15) is 14.4 Å². The van der Waals surface area contributed by atoms with E-state index < -0.39 is 24.0 Å². The molecule has 1 aliphatic rings. The van der Waals surface area contributed by atoms with Crippen LogP contribution in [0.25, 0.3) is 22.6 Å². The molecule has 0 saturated carbocycles. The average Bonchev–Trinajstić information content (AvgIpc) is 3.35. The first-order chi connectivity index (χ1) is 17.6. The number of rotatable bonds is 5. The van der Waals surface area contributed by atoms with Crippen molar-refractivity contribution in [2.75, 3.05) is 6.54 Å². The minimum absolute atomic E-state index is 0.00112. The third kappa shape index (κ3) is 5.91. The number of hydrogen-bond donors (Lipinski definition) is 2. The lowest BCUT2D eigenvalue weighted by molar-refractivity contribution is -0.127. The molecule has 4 rings (SSSR count). The number of carbonyl (C=O) groups excluding carboxylic acids is 3. The van der Waals surface area contributed by atoms with E-state index in [2.05, 4.69) is 43.5 Å². The van der Waals surface area contributed by atoms with E-state index >= 15 is 0 Å². The molecule has 0 unspecified atom stereocenters. The van der Waals surface area contributed by atoms with Gasteiger partial charge in [-0.3, -0.25) is 10.1 Å². The molecule has 0 aliphatic heterocycles. The van der Waals surface area contributed by atoms with Crippen LogP contribution < -0.4 is 10.6 Å². The molecule has 7 nitrogen and oxygen atoms in total. The van der Waals surface area contributed by atoms with E-state index in [-0.39, 0.29) is 11.3 Å². The van der Waals surface area contributed by atoms with E-state index in [1.165, 1.54) is 6.92 Å². The Labute approximate surface area is 221 Å². The van der Waals surface area contributed by atoms with Gasteiger partial charge < -0.3 is 10.1 Å². The SMILES string of the molecule is CCNC(=O)NC(=O)[C@@H](C)OC(=O)c1c2c(nc3ccccc13)/C(=C\c1cccs1)C[C@@H](C(C)(C)C)C2. The topological polar surface area (TPSA) is 97.4 Å². The van der Waals surface area contributed by atoms with Gasteiger partial charge in [0.15, 0.2) is 6.10 Å². The number of thiophene rings is 1. The van der Waals surface area contributed by atoms with Gasteiger partial charge in [-0.2, -0.15) is 0 Å². The molecule has 0 spiro atoms. The van der Waals surface area contributed by atoms with Crippen molar-refractivity contribution in [1.82, 2.24) is 15.6 Å². The van der Waals surface area contributed by atoms with Gasteiger partial charge in [-0.05, 0) is 72.7 Å². The van der Waals surface area contributed by atoms with Gasteiger partial charge in [0.1, 0.15) is 0 Å². The van der Waals surface area contributed by atoms with E-state index in [1.807, 2.05) is 35.7 Å². The van der Waals surface area contributed by atoms with Crippen molar-refractivity contribution in [3.63, 3.8) is 0 Å². The number of imide groups is 1. The number of benzene rings is 1. The van der Waals surface area contributed by atoms with Crippen molar-refractivity contribution in [2.45, 2.75) is 53.6 Å². The number of aromatic nitrogens is 1. The smallest absolute Gasteiger partial charge is 0.339 e. The maximum absolute atomic E-state index is 13.7. The predicted molar refractivity (Wildman–Crippen MR) is 147 cm³/mol. The lowest BCUT2D eigenvalue weighted by atomic mass is 9.69. The fourth-order valence-electron chi connectivity index (χ4n) is 4.61. The van der Waals surface area contributed by atoms with Crippen LogP contribution >= 0.6 is 11.3 Å². The molecule has 194 valence electrons. The van der Waals surface area contributed by atoms with Gasteiger partial charge >= 0.3 is 12.0 Å². The van der Waals surface area contributed by atoms with Crippen LogP contribution in [0.2, 0.25) is 0 Å². The summed E-state index contributed by atoms with van der Waals surface area (Å²) in [5, 5.41) is 7.44. The second kappa shape index (κ2) is 10.8. The second-order valence-electron chi connectivity index (χ2n) is 10.4. The van der Waals surface area contributed by atoms with Crippen LogP contribution in [0.1, 0.15) is 67.5 Å². The van der Waals surface area contributed by atoms with E-state index in [0.717, 1.165) is 28.1 Å². The van der Waals surface area contributed by atoms with Crippen molar-refractivity contribution in [3.8, 4) is 0 Å². The molecule has 0 fully saturated rings. The number of fused-ring (bicyclic) bond motifs is 2. The van der Waals surface area contributed by atoms with Crippen LogP contribution in [0.4, 0.5) is 4.79 Å². The van der Waals surface area contributed by atoms with Crippen molar-refractivity contribution < 1.29 is 19.1 Å². The van der Waals surface area contributed by atoms with Gasteiger partial charge in [0.2, 0.25) is 0 Å². The molecular weight excluding hydrogens is 486 g/mol. The zero-order valence-electron chi connectivity index (χ0n) is 21.9. The molecule has 2 N–H and O–H groups in total. The summed E-state index contributed by atoms with van der Waals surface area (Å²) in [6.07, 6.45) is 2.53. The normalized spacial score (nSPS) is 17.2. The fourth-order valence-corrected chi connectivity index (χ4v) is 5.29. The zero-order valence-corrected chi connectivity index (χ0v) is 22.7. The van der Waals surface area contributed by atoms with Crippen LogP contribution in [0.15, 0.2) is 41.8 Å². The van der Waals surface area contributed by atoms with Crippen molar-refractivity contribution in [3.05, 3.63) is 63.5 Å². The number of esters is 1. The summed E-state index contributed by atoms with van der Waals surface area (Å²) < 4.78 is 5.64. The Bertz CT molecular complexity index is 1360. The Morgan fingerprint density at radius 3 is 2.59 bits per heavy atom. The molecule has 2 atom stereocenters. The van der Waals surface area contributed by atoms with Gasteiger partial charge in [-0.25, -0.2) is 14.6 Å². The van der Waals surface area contributed by atoms with Crippen molar-refractivity contribution >= 4 is 51.8 Å². The molecule has 2 aromatic heterocycles. The van der Waals surface area contributed by atoms with Crippen LogP contribution in [0, 0.1) is 11.3 Å². The van der Waals surface area contributed by atoms with Crippen molar-refractivity contribution in [2.24, 2.45) is 11.3 Å². The summed E-state index contributed by atoms with van der Waals surface area (Å²) in [4.78, 5) is 44.1. The summed E-state index contributed by atoms with van der Waals surface area (Å²) >= 11 is 1.66. The first-order valence-electron chi connectivity index (χ1n) is 12.5. The van der Waals surface area contributed by atoms with Gasteiger partial charge in [-0.15, -0.1) is 11.3 Å². The summed E-state index contributed by atoms with van der Waals surface area (Å²) in [6.45, 7) is 10.2. The highest BCUT2D eigenvalue weighted by molar-refractivity contribution is 7.10. The molecule has 37 heavy (non-hydrogen) atoms. The lowest BCUT2D eigenvalue weighted by Crippen LogP contribution is -2.44. The van der Waals surface area contributed by atoms with Gasteiger partial charge in [0.05, 0.1) is 16.8 Å². The summed E-state index contributed by atoms with van der Waals surface area (Å²) in [7, 11) is 0. The van der Waals surface area contributed by atoms with Crippen LogP contribution in [0.5, 0.6) is 0 Å². The average molecular weight is 520 g/mol. The lowest BCUT2D eigenvalue weighted by Gasteiger charge is -2.36. The number of urea groups is 1. The first-order valence-corrected chi connectivity index (χ1v) is 13.4. The standard InChI is InChI=1S/C29H33N3O4S/c1-6-30-28(35)32-26(33)17(2)36-27(34)24-21-11-7-8-12-23(21)31-25-18(15-20-10-9-13-37-20)14-19(16-22(24)25)29(3,4)5/h7-13,15,17,19H,6,14,16H2,1-5H3,(H2,30,32,33,35)/b18-15-/t17-,19-/m1/s1. The number of hydrogen-bond acceptors (Lipinski definition) is 6. The number of pyridine rings is 1. The zero-order chi connectivity index (χ0) is 26.7. The van der Waals surface area contributed by atoms with E-state index in [0.29, 0.717) is 29.4 Å². The van der Waals surface area contributed by atoms with Crippen molar-refractivity contribution in [1.29, 1.82) is 0 Å². The summed E-state index contributed by atoms with van der Waals surface area (Å²) in [6, 6.07) is 11.0. The maximum Gasteiger partial charge on any atom is 0.339 e. The fraction of sp³-hybridized carbons (Fsp3) is 0.379. The predicted octanol–water partition coefficient (Wildman–Crippen LogP) is 5.84. The molecule has 0 saturated heterocycles. The Kier molecular flexibility index (Phi) is 7.78. The molecule has 3 amide bonds. The summed E-state index contributed by atoms with van der Waals surface area (Å²) in [5.74, 6) is -1.00. The van der Waals surface area contributed by atoms with Crippen LogP contribution in [-0.4, -0.2) is 35.5 Å². The van der Waals surface area contributed by atoms with E-state index in [4.69, 9.17) is 9.72 Å². The van der Waals surface area contributed by atoms with Gasteiger partial charge in [-0.1, -0.05) is 45.0 Å². The molecule has 1 aliphatic carbocycles. The minimum atomic E-state index is -1.15. The molecular formula is C29H33N3O4S. The van der Waals surface area contributed by atoms with Gasteiger partial charge in [0, 0.05) is 16.8 Å².